The van der Waals surface area contributed by atoms with E-state index in [1.54, 1.807) is 50.1 Å². The Bertz CT molecular complexity index is 1510. The monoisotopic (exact) mass is 557 g/mol. The lowest BCUT2D eigenvalue weighted by Gasteiger charge is -2.56. The molecule has 11 heteroatoms. The Hall–Kier alpha value is -4.22. The highest BCUT2D eigenvalue weighted by Gasteiger charge is 2.44. The van der Waals surface area contributed by atoms with E-state index in [0.29, 0.717) is 42.5 Å². The van der Waals surface area contributed by atoms with E-state index in [9.17, 15) is 4.79 Å². The number of rotatable bonds is 10. The summed E-state index contributed by atoms with van der Waals surface area (Å²) in [5.74, 6) is 2.12. The number of hydrogen-bond acceptors (Lipinski definition) is 9. The third-order valence-corrected chi connectivity index (χ3v) is 7.88. The number of amides is 1. The van der Waals surface area contributed by atoms with Gasteiger partial charge in [0.1, 0.15) is 18.2 Å². The van der Waals surface area contributed by atoms with Crippen LogP contribution in [0.1, 0.15) is 22.3 Å². The number of carbonyl (C=O) groups excluding carboxylic acids is 1. The summed E-state index contributed by atoms with van der Waals surface area (Å²) in [6, 6.07) is 11.1. The summed E-state index contributed by atoms with van der Waals surface area (Å²) < 4.78 is 17.9. The van der Waals surface area contributed by atoms with E-state index < -0.39 is 0 Å². The number of fused-ring (bicyclic) bond motifs is 3. The number of carbonyl (C=O) groups is 1. The minimum absolute atomic E-state index is 0.110. The maximum atomic E-state index is 13.0. The van der Waals surface area contributed by atoms with Crippen LogP contribution in [-0.4, -0.2) is 102 Å². The number of anilines is 1. The van der Waals surface area contributed by atoms with Crippen LogP contribution in [0.4, 0.5) is 5.82 Å². The maximum absolute atomic E-state index is 13.0. The van der Waals surface area contributed by atoms with Gasteiger partial charge >= 0.3 is 0 Å². The van der Waals surface area contributed by atoms with Gasteiger partial charge in [0.05, 0.1) is 37.2 Å². The van der Waals surface area contributed by atoms with E-state index >= 15 is 0 Å². The third kappa shape index (κ3) is 5.30. The summed E-state index contributed by atoms with van der Waals surface area (Å²) in [6.07, 6.45) is 8.38. The lowest BCUT2D eigenvalue weighted by molar-refractivity contribution is -0.00876. The van der Waals surface area contributed by atoms with Gasteiger partial charge in [-0.1, -0.05) is 6.07 Å². The van der Waals surface area contributed by atoms with Crippen LogP contribution in [0.3, 0.4) is 0 Å². The Kier molecular flexibility index (Phi) is 7.46. The molecule has 0 saturated carbocycles. The van der Waals surface area contributed by atoms with Crippen molar-refractivity contribution in [3.63, 3.8) is 0 Å². The molecule has 0 aliphatic carbocycles. The SMILES string of the molecule is COCCOc1cc(-c2ccc(N3CC4CC(C3)N4Cc3ccc(OC)nc3)nc2)c2c(C(=O)N(C)C)cnn2c1. The van der Waals surface area contributed by atoms with Crippen LogP contribution in [0.15, 0.2) is 55.1 Å². The first-order valence-corrected chi connectivity index (χ1v) is 13.8. The Labute approximate surface area is 239 Å². The Balaban J connectivity index is 1.21. The molecule has 0 radical (unpaired) electrons. The van der Waals surface area contributed by atoms with Gasteiger partial charge in [0.25, 0.3) is 5.91 Å². The predicted octanol–water partition coefficient (Wildman–Crippen LogP) is 2.99. The van der Waals surface area contributed by atoms with Crippen molar-refractivity contribution in [2.45, 2.75) is 25.0 Å². The molecule has 2 unspecified atom stereocenters. The van der Waals surface area contributed by atoms with Crippen molar-refractivity contribution >= 4 is 17.2 Å². The number of piperidine rings is 1. The molecule has 0 spiro atoms. The van der Waals surface area contributed by atoms with E-state index in [4.69, 9.17) is 19.2 Å². The second-order valence-electron chi connectivity index (χ2n) is 10.7. The number of nitrogens with zero attached hydrogens (tertiary/aromatic N) is 7. The average Bonchev–Trinajstić information content (AvgIpc) is 3.43. The van der Waals surface area contributed by atoms with Crippen LogP contribution in [0.25, 0.3) is 16.6 Å². The lowest BCUT2D eigenvalue weighted by Crippen LogP contribution is -2.68. The van der Waals surface area contributed by atoms with Crippen LogP contribution in [0, 0.1) is 0 Å². The summed E-state index contributed by atoms with van der Waals surface area (Å²) in [5.41, 5.74) is 4.17. The second-order valence-corrected chi connectivity index (χ2v) is 10.7. The molecule has 3 aliphatic heterocycles. The first-order chi connectivity index (χ1) is 19.9. The molecule has 41 heavy (non-hydrogen) atoms. The van der Waals surface area contributed by atoms with Crippen molar-refractivity contribution in [1.29, 1.82) is 0 Å². The standard InChI is InChI=1S/C30H35N7O4/c1-34(2)30(38)26-15-33-37-19-24(41-10-9-39-3)12-25(29(26)37)21-6-7-27(31-14-21)35-17-22-11-23(18-35)36(22)16-20-5-8-28(40-4)32-13-20/h5-8,12-15,19,22-23H,9-11,16-18H2,1-4H3. The normalized spacial score (nSPS) is 18.3. The Morgan fingerprint density at radius 3 is 2.51 bits per heavy atom. The molecule has 214 valence electrons. The quantitative estimate of drug-likeness (QED) is 0.273. The fraction of sp³-hybridized carbons (Fsp3) is 0.400. The van der Waals surface area contributed by atoms with E-state index in [-0.39, 0.29) is 5.91 Å². The highest BCUT2D eigenvalue weighted by molar-refractivity contribution is 6.04. The molecule has 1 amide bonds. The second kappa shape index (κ2) is 11.3. The van der Waals surface area contributed by atoms with Gasteiger partial charge in [-0.3, -0.25) is 9.69 Å². The van der Waals surface area contributed by atoms with E-state index in [1.807, 2.05) is 24.5 Å². The molecule has 0 N–H and O–H groups in total. The number of aromatic nitrogens is 4. The minimum atomic E-state index is -0.110. The van der Waals surface area contributed by atoms with Crippen LogP contribution in [0.2, 0.25) is 0 Å². The first kappa shape index (κ1) is 27.0. The zero-order valence-corrected chi connectivity index (χ0v) is 23.9. The summed E-state index contributed by atoms with van der Waals surface area (Å²) in [7, 11) is 6.75. The number of hydrogen-bond donors (Lipinski definition) is 0. The van der Waals surface area contributed by atoms with Gasteiger partial charge in [-0.25, -0.2) is 14.5 Å². The molecular formula is C30H35N7O4. The third-order valence-electron chi connectivity index (χ3n) is 7.88. The molecular weight excluding hydrogens is 522 g/mol. The number of pyridine rings is 3. The van der Waals surface area contributed by atoms with Crippen molar-refractivity contribution in [1.82, 2.24) is 29.4 Å². The van der Waals surface area contributed by atoms with Crippen molar-refractivity contribution in [2.24, 2.45) is 0 Å². The van der Waals surface area contributed by atoms with Gasteiger partial charge in [-0.15, -0.1) is 0 Å². The van der Waals surface area contributed by atoms with Crippen molar-refractivity contribution in [3.05, 3.63) is 66.2 Å². The van der Waals surface area contributed by atoms with Crippen LogP contribution < -0.4 is 14.4 Å². The highest BCUT2D eigenvalue weighted by Crippen LogP contribution is 2.36. The van der Waals surface area contributed by atoms with Crippen molar-refractivity contribution in [3.8, 4) is 22.8 Å². The predicted molar refractivity (Wildman–Crippen MR) is 155 cm³/mol. The van der Waals surface area contributed by atoms with Crippen LogP contribution in [0.5, 0.6) is 11.6 Å². The molecule has 3 saturated heterocycles. The lowest BCUT2D eigenvalue weighted by atomic mass is 9.87. The molecule has 4 aromatic heterocycles. The fourth-order valence-corrected chi connectivity index (χ4v) is 5.74. The summed E-state index contributed by atoms with van der Waals surface area (Å²) in [5, 5.41) is 4.46. The number of methoxy groups -OCH3 is 2. The largest absolute Gasteiger partial charge is 0.490 e. The van der Waals surface area contributed by atoms with Gasteiger partial charge in [0.2, 0.25) is 5.88 Å². The van der Waals surface area contributed by atoms with Crippen LogP contribution in [-0.2, 0) is 11.3 Å². The minimum Gasteiger partial charge on any atom is -0.490 e. The number of ether oxygens (including phenoxy) is 3. The van der Waals surface area contributed by atoms with Crippen molar-refractivity contribution in [2.75, 3.05) is 59.5 Å². The fourth-order valence-electron chi connectivity index (χ4n) is 5.74. The zero-order valence-electron chi connectivity index (χ0n) is 23.9. The summed E-state index contributed by atoms with van der Waals surface area (Å²) in [6.45, 7) is 3.64. The van der Waals surface area contributed by atoms with E-state index in [1.165, 1.54) is 12.0 Å². The van der Waals surface area contributed by atoms with Gasteiger partial charge in [-0.2, -0.15) is 5.10 Å². The molecule has 11 nitrogen and oxygen atoms in total. The zero-order chi connectivity index (χ0) is 28.5. The summed E-state index contributed by atoms with van der Waals surface area (Å²) in [4.78, 5) is 28.7. The van der Waals surface area contributed by atoms with Crippen molar-refractivity contribution < 1.29 is 19.0 Å². The molecule has 2 atom stereocenters. The van der Waals surface area contributed by atoms with Crippen LogP contribution >= 0.6 is 0 Å². The molecule has 7 rings (SSSR count). The van der Waals surface area contributed by atoms with Gasteiger partial charge in [0.15, 0.2) is 0 Å². The molecule has 3 fully saturated rings. The average molecular weight is 558 g/mol. The van der Waals surface area contributed by atoms with Gasteiger partial charge in [0, 0.05) is 82.5 Å². The number of piperazine rings is 1. The molecule has 0 aromatic carbocycles. The summed E-state index contributed by atoms with van der Waals surface area (Å²) >= 11 is 0. The Morgan fingerprint density at radius 2 is 1.85 bits per heavy atom. The molecule has 3 aliphatic rings. The molecule has 7 heterocycles. The smallest absolute Gasteiger partial charge is 0.257 e. The Morgan fingerprint density at radius 1 is 1.02 bits per heavy atom. The van der Waals surface area contributed by atoms with Gasteiger partial charge < -0.3 is 24.0 Å². The topological polar surface area (TPSA) is 97.6 Å². The molecule has 2 bridgehead atoms. The van der Waals surface area contributed by atoms with Gasteiger partial charge in [-0.05, 0) is 30.2 Å². The maximum Gasteiger partial charge on any atom is 0.257 e. The first-order valence-electron chi connectivity index (χ1n) is 13.8. The van der Waals surface area contributed by atoms with E-state index in [0.717, 1.165) is 42.1 Å². The molecule has 4 aromatic rings. The van der Waals surface area contributed by atoms with E-state index in [2.05, 4.69) is 38.1 Å². The highest BCUT2D eigenvalue weighted by atomic mass is 16.5.